The summed E-state index contributed by atoms with van der Waals surface area (Å²) in [5.74, 6) is -0.122. The first-order chi connectivity index (χ1) is 9.52. The van der Waals surface area contributed by atoms with Crippen LogP contribution in [-0.4, -0.2) is 38.6 Å². The summed E-state index contributed by atoms with van der Waals surface area (Å²) in [5.41, 5.74) is 2.88. The van der Waals surface area contributed by atoms with E-state index in [9.17, 15) is 4.79 Å². The van der Waals surface area contributed by atoms with Crippen molar-refractivity contribution < 1.29 is 9.53 Å². The fraction of sp³-hybridized carbons (Fsp3) is 0.312. The van der Waals surface area contributed by atoms with Gasteiger partial charge in [-0.3, -0.25) is 4.79 Å². The predicted octanol–water partition coefficient (Wildman–Crippen LogP) is 2.75. The van der Waals surface area contributed by atoms with Gasteiger partial charge >= 0.3 is 0 Å². The molecule has 1 aromatic carbocycles. The van der Waals surface area contributed by atoms with Gasteiger partial charge in [-0.2, -0.15) is 0 Å². The van der Waals surface area contributed by atoms with Crippen molar-refractivity contribution in [2.45, 2.75) is 6.92 Å². The first-order valence-electron chi connectivity index (χ1n) is 6.45. The van der Waals surface area contributed by atoms with Crippen LogP contribution in [0.2, 0.25) is 0 Å². The molecule has 20 heavy (non-hydrogen) atoms. The Morgan fingerprint density at radius 1 is 1.30 bits per heavy atom. The van der Waals surface area contributed by atoms with Crippen LogP contribution in [0.1, 0.15) is 12.5 Å². The van der Waals surface area contributed by atoms with Crippen molar-refractivity contribution in [3.8, 4) is 0 Å². The van der Waals surface area contributed by atoms with Crippen LogP contribution in [0.4, 0.5) is 5.69 Å². The van der Waals surface area contributed by atoms with Gasteiger partial charge in [-0.25, -0.2) is 0 Å². The maximum atomic E-state index is 11.7. The molecule has 1 N–H and O–H groups in total. The van der Waals surface area contributed by atoms with E-state index in [1.54, 1.807) is 19.4 Å². The van der Waals surface area contributed by atoms with Gasteiger partial charge in [-0.15, -0.1) is 0 Å². The van der Waals surface area contributed by atoms with Gasteiger partial charge in [-0.05, 0) is 44.3 Å². The molecule has 0 atom stereocenters. The number of hydrogen-bond donors (Lipinski definition) is 1. The summed E-state index contributed by atoms with van der Waals surface area (Å²) in [4.78, 5) is 13.7. The van der Waals surface area contributed by atoms with Crippen molar-refractivity contribution in [2.75, 3.05) is 33.1 Å². The zero-order valence-corrected chi connectivity index (χ0v) is 12.5. The Hall–Kier alpha value is -2.07. The molecule has 108 valence electrons. The number of likely N-dealkylation sites (N-methyl/N-ethyl adjacent to an activating group) is 1. The normalized spacial score (nSPS) is 11.9. The lowest BCUT2D eigenvalue weighted by Gasteiger charge is -2.06. The number of methoxy groups -OCH3 is 1. The highest BCUT2D eigenvalue weighted by Crippen LogP contribution is 2.16. The molecule has 0 aliphatic carbocycles. The maximum Gasteiger partial charge on any atom is 0.248 e. The molecule has 0 bridgehead atoms. The Kier molecular flexibility index (Phi) is 6.53. The second-order valence-corrected chi connectivity index (χ2v) is 4.77. The molecule has 0 saturated carbocycles. The van der Waals surface area contributed by atoms with E-state index in [4.69, 9.17) is 4.74 Å². The van der Waals surface area contributed by atoms with Gasteiger partial charge in [0.2, 0.25) is 5.91 Å². The molecule has 4 nitrogen and oxygen atoms in total. The molecule has 0 fully saturated rings. The van der Waals surface area contributed by atoms with Crippen LogP contribution in [0.15, 0.2) is 42.7 Å². The van der Waals surface area contributed by atoms with E-state index < -0.39 is 0 Å². The van der Waals surface area contributed by atoms with Crippen molar-refractivity contribution in [1.82, 2.24) is 4.90 Å². The third-order valence-corrected chi connectivity index (χ3v) is 2.64. The molecule has 1 aromatic rings. The number of anilines is 1. The van der Waals surface area contributed by atoms with Crippen LogP contribution in [-0.2, 0) is 9.53 Å². The fourth-order valence-corrected chi connectivity index (χ4v) is 1.62. The second kappa shape index (κ2) is 8.17. The Labute approximate surface area is 120 Å². The molecule has 4 heteroatoms. The number of benzene rings is 1. The molecule has 0 aliphatic rings. The first-order valence-corrected chi connectivity index (χ1v) is 6.45. The minimum atomic E-state index is -0.122. The summed E-state index contributed by atoms with van der Waals surface area (Å²) >= 11 is 0. The monoisotopic (exact) mass is 274 g/mol. The minimum Gasteiger partial charge on any atom is -0.504 e. The Balaban J connectivity index is 2.59. The number of rotatable bonds is 6. The smallest absolute Gasteiger partial charge is 0.248 e. The van der Waals surface area contributed by atoms with Gasteiger partial charge in [0.15, 0.2) is 0 Å². The molecule has 0 heterocycles. The van der Waals surface area contributed by atoms with Gasteiger partial charge in [-0.1, -0.05) is 18.2 Å². The fourth-order valence-electron chi connectivity index (χ4n) is 1.62. The quantitative estimate of drug-likeness (QED) is 0.640. The predicted molar refractivity (Wildman–Crippen MR) is 83.4 cm³/mol. The summed E-state index contributed by atoms with van der Waals surface area (Å²) in [6.45, 7) is 2.72. The molecule has 0 radical (unpaired) electrons. The number of nitrogens with zero attached hydrogens (tertiary/aromatic N) is 1. The molecular formula is C16H22N2O2. The van der Waals surface area contributed by atoms with Gasteiger partial charge in [0.1, 0.15) is 0 Å². The van der Waals surface area contributed by atoms with Gasteiger partial charge in [0.05, 0.1) is 13.4 Å². The number of allylic oxidation sites excluding steroid dienone is 1. The van der Waals surface area contributed by atoms with E-state index in [1.165, 1.54) is 0 Å². The van der Waals surface area contributed by atoms with Crippen molar-refractivity contribution in [1.29, 1.82) is 0 Å². The Bertz CT molecular complexity index is 488. The van der Waals surface area contributed by atoms with Gasteiger partial charge in [0.25, 0.3) is 0 Å². The summed E-state index contributed by atoms with van der Waals surface area (Å²) in [6.07, 6.45) is 5.07. The van der Waals surface area contributed by atoms with E-state index in [1.807, 2.05) is 56.3 Å². The number of carbonyl (C=O) groups excluding carboxylic acids is 1. The largest absolute Gasteiger partial charge is 0.504 e. The molecule has 0 unspecified atom stereocenters. The lowest BCUT2D eigenvalue weighted by molar-refractivity contribution is -0.111. The van der Waals surface area contributed by atoms with E-state index in [-0.39, 0.29) is 5.91 Å². The summed E-state index contributed by atoms with van der Waals surface area (Å²) < 4.78 is 4.97. The topological polar surface area (TPSA) is 41.6 Å². The lowest BCUT2D eigenvalue weighted by Crippen LogP contribution is -2.12. The number of amides is 1. The summed E-state index contributed by atoms with van der Waals surface area (Å²) in [6, 6.07) is 7.65. The van der Waals surface area contributed by atoms with Crippen molar-refractivity contribution in [2.24, 2.45) is 0 Å². The highest BCUT2D eigenvalue weighted by atomic mass is 16.5. The molecule has 1 rings (SSSR count). The van der Waals surface area contributed by atoms with Crippen LogP contribution in [0, 0.1) is 0 Å². The molecule has 0 aromatic heterocycles. The van der Waals surface area contributed by atoms with E-state index in [2.05, 4.69) is 5.32 Å². The zero-order chi connectivity index (χ0) is 15.0. The van der Waals surface area contributed by atoms with Crippen molar-refractivity contribution in [3.05, 3.63) is 48.2 Å². The Morgan fingerprint density at radius 2 is 1.95 bits per heavy atom. The van der Waals surface area contributed by atoms with E-state index in [0.717, 1.165) is 23.4 Å². The SMILES string of the molecule is COC=C(C)c1ccc(NC(=O)C=CCN(C)C)cc1. The van der Waals surface area contributed by atoms with Crippen LogP contribution in [0.25, 0.3) is 5.57 Å². The standard InChI is InChI=1S/C16H22N2O2/c1-13(12-20-4)14-7-9-15(10-8-14)17-16(19)6-5-11-18(2)3/h5-10,12H,11H2,1-4H3,(H,17,19). The van der Waals surface area contributed by atoms with Crippen LogP contribution in [0.5, 0.6) is 0 Å². The number of hydrogen-bond acceptors (Lipinski definition) is 3. The summed E-state index contributed by atoms with van der Waals surface area (Å²) in [7, 11) is 5.53. The van der Waals surface area contributed by atoms with Crippen LogP contribution >= 0.6 is 0 Å². The molecular weight excluding hydrogens is 252 g/mol. The molecule has 1 amide bonds. The van der Waals surface area contributed by atoms with Crippen molar-refractivity contribution >= 4 is 17.2 Å². The van der Waals surface area contributed by atoms with Crippen LogP contribution in [0.3, 0.4) is 0 Å². The zero-order valence-electron chi connectivity index (χ0n) is 12.5. The average molecular weight is 274 g/mol. The minimum absolute atomic E-state index is 0.122. The number of nitrogens with one attached hydrogen (secondary N) is 1. The molecule has 0 saturated heterocycles. The molecule has 0 spiro atoms. The maximum absolute atomic E-state index is 11.7. The lowest BCUT2D eigenvalue weighted by atomic mass is 10.1. The van der Waals surface area contributed by atoms with Gasteiger partial charge in [0, 0.05) is 18.3 Å². The third-order valence-electron chi connectivity index (χ3n) is 2.64. The number of carbonyl (C=O) groups is 1. The van der Waals surface area contributed by atoms with Crippen molar-refractivity contribution in [3.63, 3.8) is 0 Å². The average Bonchev–Trinajstić information content (AvgIpc) is 2.39. The number of ether oxygens (including phenoxy) is 1. The highest BCUT2D eigenvalue weighted by molar-refractivity contribution is 5.99. The highest BCUT2D eigenvalue weighted by Gasteiger charge is 1.99. The van der Waals surface area contributed by atoms with E-state index >= 15 is 0 Å². The second-order valence-electron chi connectivity index (χ2n) is 4.77. The third kappa shape index (κ3) is 5.71. The first kappa shape index (κ1) is 16.0. The van der Waals surface area contributed by atoms with E-state index in [0.29, 0.717) is 0 Å². The van der Waals surface area contributed by atoms with Gasteiger partial charge < -0.3 is 15.0 Å². The van der Waals surface area contributed by atoms with Crippen LogP contribution < -0.4 is 5.32 Å². The summed E-state index contributed by atoms with van der Waals surface area (Å²) in [5, 5.41) is 2.82. The Morgan fingerprint density at radius 3 is 2.50 bits per heavy atom. The molecule has 0 aliphatic heterocycles.